The fraction of sp³-hybridized carbons (Fsp3) is 0.571. The summed E-state index contributed by atoms with van der Waals surface area (Å²) in [4.78, 5) is 5.35. The second-order valence-electron chi connectivity index (χ2n) is 7.55. The number of benzene rings is 1. The van der Waals surface area contributed by atoms with Crippen LogP contribution in [-0.4, -0.2) is 37.7 Å². The van der Waals surface area contributed by atoms with E-state index >= 15 is 0 Å². The smallest absolute Gasteiger partial charge is 0.156 e. The molecule has 9 heteroatoms. The van der Waals surface area contributed by atoms with Crippen LogP contribution >= 0.6 is 46.4 Å². The van der Waals surface area contributed by atoms with Crippen LogP contribution in [0.2, 0.25) is 10.0 Å². The van der Waals surface area contributed by atoms with E-state index in [1.807, 2.05) is 27.7 Å². The van der Waals surface area contributed by atoms with Gasteiger partial charge in [0.2, 0.25) is 0 Å². The molecule has 0 aliphatic heterocycles. The summed E-state index contributed by atoms with van der Waals surface area (Å²) in [6.07, 6.45) is 2.72. The summed E-state index contributed by atoms with van der Waals surface area (Å²) < 4.78 is 16.8. The molecule has 0 N–H and O–H groups in total. The van der Waals surface area contributed by atoms with E-state index in [0.717, 1.165) is 25.0 Å². The average Bonchev–Trinajstić information content (AvgIpc) is 2.67. The summed E-state index contributed by atoms with van der Waals surface area (Å²) in [7, 11) is 0. The van der Waals surface area contributed by atoms with Gasteiger partial charge in [-0.2, -0.15) is 0 Å². The highest BCUT2D eigenvalue weighted by molar-refractivity contribution is 6.37. The maximum Gasteiger partial charge on any atom is 0.156 e. The van der Waals surface area contributed by atoms with Crippen molar-refractivity contribution >= 4 is 52.1 Å². The van der Waals surface area contributed by atoms with Crippen molar-refractivity contribution in [2.24, 2.45) is 5.16 Å². The summed E-state index contributed by atoms with van der Waals surface area (Å²) in [5, 5.41) is 5.16. The van der Waals surface area contributed by atoms with Crippen molar-refractivity contribution in [3.8, 4) is 11.5 Å². The minimum absolute atomic E-state index is 0.134. The van der Waals surface area contributed by atoms with Gasteiger partial charge in [-0.25, -0.2) is 0 Å². The normalized spacial score (nSPS) is 12.8. The third-order valence-electron chi connectivity index (χ3n) is 3.43. The molecular weight excluding hydrogens is 472 g/mol. The zero-order valence-electron chi connectivity index (χ0n) is 17.8. The van der Waals surface area contributed by atoms with Gasteiger partial charge in [0.15, 0.2) is 5.75 Å². The Morgan fingerprint density at radius 2 is 1.63 bits per heavy atom. The van der Waals surface area contributed by atoms with Crippen molar-refractivity contribution in [2.75, 3.05) is 26.4 Å². The van der Waals surface area contributed by atoms with Gasteiger partial charge in [-0.05, 0) is 47.0 Å². The minimum atomic E-state index is -0.296. The third kappa shape index (κ3) is 12.1. The largest absolute Gasteiger partial charge is 0.490 e. The first-order valence-corrected chi connectivity index (χ1v) is 11.2. The van der Waals surface area contributed by atoms with Gasteiger partial charge in [-0.1, -0.05) is 51.6 Å². The molecule has 0 aromatic heterocycles. The lowest BCUT2D eigenvalue weighted by atomic mass is 10.2. The van der Waals surface area contributed by atoms with Crippen molar-refractivity contribution in [3.63, 3.8) is 0 Å². The number of hydrogen-bond acceptors (Lipinski definition) is 5. The quantitative estimate of drug-likeness (QED) is 0.160. The van der Waals surface area contributed by atoms with E-state index in [1.54, 1.807) is 12.1 Å². The Morgan fingerprint density at radius 1 is 1.00 bits per heavy atom. The van der Waals surface area contributed by atoms with E-state index < -0.39 is 0 Å². The highest BCUT2D eigenvalue weighted by Crippen LogP contribution is 2.37. The van der Waals surface area contributed by atoms with Crippen LogP contribution in [0, 0.1) is 0 Å². The van der Waals surface area contributed by atoms with Gasteiger partial charge in [0.25, 0.3) is 0 Å². The maximum absolute atomic E-state index is 6.24. The zero-order valence-corrected chi connectivity index (χ0v) is 20.8. The molecule has 0 saturated carbocycles. The molecule has 0 fully saturated rings. The molecule has 0 aliphatic carbocycles. The Morgan fingerprint density at radius 3 is 2.23 bits per heavy atom. The third-order valence-corrected chi connectivity index (χ3v) is 4.59. The first kappa shape index (κ1) is 27.2. The molecule has 170 valence electrons. The summed E-state index contributed by atoms with van der Waals surface area (Å²) in [5.41, 5.74) is 1.75. The topological polar surface area (TPSA) is 49.3 Å². The Balaban J connectivity index is 2.25. The molecule has 0 bridgehead atoms. The van der Waals surface area contributed by atoms with Crippen LogP contribution in [0.1, 0.15) is 47.0 Å². The number of rotatable bonds is 13. The molecule has 1 aromatic carbocycles. The standard InChI is InChI=1S/C21H29Cl4NO4/c1-15(26-30-21(2,3)4)13-27-8-6-5-7-9-28-20-18(24)10-17(11-19(20)25)29-14-16(23)12-22/h10-12H,5-9,13-14H2,1-4H3. The molecule has 0 aliphatic rings. The van der Waals surface area contributed by atoms with Crippen LogP contribution in [0.3, 0.4) is 0 Å². The van der Waals surface area contributed by atoms with E-state index in [1.165, 1.54) is 5.54 Å². The van der Waals surface area contributed by atoms with E-state index in [9.17, 15) is 0 Å². The molecule has 0 saturated heterocycles. The second-order valence-corrected chi connectivity index (χ2v) is 9.07. The predicted molar refractivity (Wildman–Crippen MR) is 126 cm³/mol. The molecule has 30 heavy (non-hydrogen) atoms. The first-order chi connectivity index (χ1) is 14.1. The minimum Gasteiger partial charge on any atom is -0.490 e. The van der Waals surface area contributed by atoms with Gasteiger partial charge in [-0.3, -0.25) is 0 Å². The Labute approximate surface area is 199 Å². The van der Waals surface area contributed by atoms with Crippen LogP contribution in [0.25, 0.3) is 0 Å². The Hall–Kier alpha value is -0.850. The second kappa shape index (κ2) is 14.3. The molecular formula is C21H29Cl4NO4. The number of unbranched alkanes of at least 4 members (excludes halogenated alkanes) is 2. The molecule has 1 aromatic rings. The van der Waals surface area contributed by atoms with Crippen LogP contribution < -0.4 is 9.47 Å². The molecule has 0 amide bonds. The van der Waals surface area contributed by atoms with Gasteiger partial charge in [0.1, 0.15) is 18.0 Å². The number of halogens is 4. The van der Waals surface area contributed by atoms with Crippen molar-refractivity contribution < 1.29 is 19.0 Å². The summed E-state index contributed by atoms with van der Waals surface area (Å²) in [5.74, 6) is 0.921. The Kier molecular flexibility index (Phi) is 12.9. The molecule has 5 nitrogen and oxygen atoms in total. The lowest BCUT2D eigenvalue weighted by Gasteiger charge is -2.16. The van der Waals surface area contributed by atoms with Crippen molar-refractivity contribution in [1.29, 1.82) is 0 Å². The molecule has 0 spiro atoms. The first-order valence-electron chi connectivity index (χ1n) is 9.61. The lowest BCUT2D eigenvalue weighted by molar-refractivity contribution is -0.000649. The monoisotopic (exact) mass is 499 g/mol. The molecule has 0 unspecified atom stereocenters. The fourth-order valence-electron chi connectivity index (χ4n) is 2.06. The van der Waals surface area contributed by atoms with Crippen molar-refractivity contribution in [3.05, 3.63) is 32.7 Å². The zero-order chi connectivity index (χ0) is 22.6. The van der Waals surface area contributed by atoms with E-state index in [0.29, 0.717) is 46.4 Å². The summed E-state index contributed by atoms with van der Waals surface area (Å²) >= 11 is 23.8. The van der Waals surface area contributed by atoms with Gasteiger partial charge >= 0.3 is 0 Å². The van der Waals surface area contributed by atoms with Crippen LogP contribution in [0.15, 0.2) is 27.9 Å². The van der Waals surface area contributed by atoms with E-state index in [4.69, 9.17) is 65.5 Å². The predicted octanol–water partition coefficient (Wildman–Crippen LogP) is 7.45. The van der Waals surface area contributed by atoms with Crippen LogP contribution in [0.5, 0.6) is 11.5 Å². The van der Waals surface area contributed by atoms with Crippen LogP contribution in [-0.2, 0) is 9.57 Å². The van der Waals surface area contributed by atoms with Gasteiger partial charge in [0, 0.05) is 24.3 Å². The van der Waals surface area contributed by atoms with Gasteiger partial charge in [-0.15, -0.1) is 0 Å². The summed E-state index contributed by atoms with van der Waals surface area (Å²) in [6.45, 7) is 9.47. The molecule has 0 radical (unpaired) electrons. The van der Waals surface area contributed by atoms with E-state index in [2.05, 4.69) is 5.16 Å². The van der Waals surface area contributed by atoms with Gasteiger partial charge < -0.3 is 19.0 Å². The van der Waals surface area contributed by atoms with Crippen molar-refractivity contribution in [1.82, 2.24) is 0 Å². The maximum atomic E-state index is 6.24. The number of nitrogens with zero attached hydrogens (tertiary/aromatic N) is 1. The van der Waals surface area contributed by atoms with Crippen LogP contribution in [0.4, 0.5) is 0 Å². The van der Waals surface area contributed by atoms with Gasteiger partial charge in [0.05, 0.1) is 34.0 Å². The molecule has 1 rings (SSSR count). The molecule has 0 atom stereocenters. The fourth-order valence-corrected chi connectivity index (χ4v) is 2.75. The number of hydrogen-bond donors (Lipinski definition) is 0. The highest BCUT2D eigenvalue weighted by atomic mass is 35.5. The SMILES string of the molecule is CC(COCCCCCOc1c(Cl)cc(OCC(Cl)=CCl)cc1Cl)=NOC(C)(C)C. The average molecular weight is 501 g/mol. The summed E-state index contributed by atoms with van der Waals surface area (Å²) in [6, 6.07) is 3.25. The lowest BCUT2D eigenvalue weighted by Crippen LogP contribution is -2.17. The highest BCUT2D eigenvalue weighted by Gasteiger charge is 2.11. The Bertz CT molecular complexity index is 694. The molecule has 0 heterocycles. The number of ether oxygens (including phenoxy) is 3. The van der Waals surface area contributed by atoms with Crippen molar-refractivity contribution in [2.45, 2.75) is 52.6 Å². The number of oxime groups is 1. The van der Waals surface area contributed by atoms with E-state index in [-0.39, 0.29) is 12.2 Å².